The summed E-state index contributed by atoms with van der Waals surface area (Å²) >= 11 is 0. The minimum atomic E-state index is -0.435. The van der Waals surface area contributed by atoms with Crippen molar-refractivity contribution >= 4 is 11.8 Å². The van der Waals surface area contributed by atoms with Crippen molar-refractivity contribution < 1.29 is 9.59 Å². The number of nitrogens with one attached hydrogen (secondary N) is 2. The first-order chi connectivity index (χ1) is 6.34. The molecule has 1 atom stereocenters. The van der Waals surface area contributed by atoms with Crippen LogP contribution in [0, 0.1) is 5.92 Å². The fourth-order valence-corrected chi connectivity index (χ4v) is 1.13. The molecule has 0 aliphatic heterocycles. The van der Waals surface area contributed by atoms with E-state index in [9.17, 15) is 9.59 Å². The minimum Gasteiger partial charge on any atom is -0.352 e. The largest absolute Gasteiger partial charge is 0.352 e. The van der Waals surface area contributed by atoms with Gasteiger partial charge in [0.15, 0.2) is 0 Å². The van der Waals surface area contributed by atoms with Gasteiger partial charge in [0.2, 0.25) is 11.8 Å². The van der Waals surface area contributed by atoms with Crippen LogP contribution in [0.5, 0.6) is 0 Å². The van der Waals surface area contributed by atoms with E-state index in [1.54, 1.807) is 0 Å². The fraction of sp³-hybridized carbons (Fsp3) is 0.800. The number of carbonyl (C=O) groups is 2. The second-order valence-electron chi connectivity index (χ2n) is 4.09. The Morgan fingerprint density at radius 2 is 1.50 bits per heavy atom. The van der Waals surface area contributed by atoms with Gasteiger partial charge in [-0.2, -0.15) is 0 Å². The van der Waals surface area contributed by atoms with Crippen LogP contribution in [0.3, 0.4) is 0 Å². The molecule has 0 saturated heterocycles. The highest BCUT2D eigenvalue weighted by Crippen LogP contribution is 2.02. The van der Waals surface area contributed by atoms with Gasteiger partial charge >= 0.3 is 0 Å². The third kappa shape index (κ3) is 4.84. The van der Waals surface area contributed by atoms with Crippen molar-refractivity contribution in [3.05, 3.63) is 0 Å². The first kappa shape index (κ1) is 12.9. The highest BCUT2D eigenvalue weighted by molar-refractivity contribution is 5.87. The molecular weight excluding hydrogens is 180 g/mol. The first-order valence-corrected chi connectivity index (χ1v) is 4.92. The maximum atomic E-state index is 11.6. The van der Waals surface area contributed by atoms with Gasteiger partial charge in [0.05, 0.1) is 0 Å². The lowest BCUT2D eigenvalue weighted by Gasteiger charge is -2.22. The highest BCUT2D eigenvalue weighted by atomic mass is 16.2. The SMILES string of the molecule is CC(=O)NC(C(=O)NC(C)C)C(C)C. The molecule has 2 N–H and O–H groups in total. The number of amides is 2. The fourth-order valence-electron chi connectivity index (χ4n) is 1.13. The van der Waals surface area contributed by atoms with Crippen LogP contribution in [0.25, 0.3) is 0 Å². The van der Waals surface area contributed by atoms with Crippen LogP contribution in [0.2, 0.25) is 0 Å². The van der Waals surface area contributed by atoms with Crippen molar-refractivity contribution in [2.45, 2.75) is 46.7 Å². The van der Waals surface area contributed by atoms with Gasteiger partial charge in [-0.05, 0) is 19.8 Å². The van der Waals surface area contributed by atoms with Crippen LogP contribution in [0.1, 0.15) is 34.6 Å². The predicted molar refractivity (Wildman–Crippen MR) is 55.7 cm³/mol. The lowest BCUT2D eigenvalue weighted by molar-refractivity contribution is -0.129. The molecule has 4 nitrogen and oxygen atoms in total. The van der Waals surface area contributed by atoms with Gasteiger partial charge in [-0.1, -0.05) is 13.8 Å². The average Bonchev–Trinajstić information content (AvgIpc) is 1.97. The molecule has 0 fully saturated rings. The monoisotopic (exact) mass is 200 g/mol. The van der Waals surface area contributed by atoms with Crippen LogP contribution in [0.4, 0.5) is 0 Å². The zero-order chi connectivity index (χ0) is 11.3. The van der Waals surface area contributed by atoms with E-state index in [2.05, 4.69) is 10.6 Å². The smallest absolute Gasteiger partial charge is 0.243 e. The second kappa shape index (κ2) is 5.62. The van der Waals surface area contributed by atoms with E-state index in [0.717, 1.165) is 0 Å². The topological polar surface area (TPSA) is 58.2 Å². The van der Waals surface area contributed by atoms with Gasteiger partial charge in [0.25, 0.3) is 0 Å². The highest BCUT2D eigenvalue weighted by Gasteiger charge is 2.22. The Hall–Kier alpha value is -1.06. The molecule has 82 valence electrons. The van der Waals surface area contributed by atoms with Crippen LogP contribution >= 0.6 is 0 Å². The molecule has 0 aromatic rings. The van der Waals surface area contributed by atoms with E-state index < -0.39 is 6.04 Å². The molecular formula is C10H20N2O2. The summed E-state index contributed by atoms with van der Waals surface area (Å²) in [6, 6.07) is -0.340. The van der Waals surface area contributed by atoms with Crippen molar-refractivity contribution in [2.24, 2.45) is 5.92 Å². The van der Waals surface area contributed by atoms with Gasteiger partial charge < -0.3 is 10.6 Å². The van der Waals surface area contributed by atoms with Crippen LogP contribution < -0.4 is 10.6 Å². The minimum absolute atomic E-state index is 0.0949. The molecule has 0 bridgehead atoms. The average molecular weight is 200 g/mol. The second-order valence-corrected chi connectivity index (χ2v) is 4.09. The van der Waals surface area contributed by atoms with Gasteiger partial charge in [-0.15, -0.1) is 0 Å². The number of hydrogen-bond acceptors (Lipinski definition) is 2. The van der Waals surface area contributed by atoms with Crippen LogP contribution in [-0.4, -0.2) is 23.9 Å². The number of carbonyl (C=O) groups excluding carboxylic acids is 2. The summed E-state index contributed by atoms with van der Waals surface area (Å²) in [5.74, 6) is -0.203. The number of rotatable bonds is 4. The van der Waals surface area contributed by atoms with Crippen molar-refractivity contribution in [3.8, 4) is 0 Å². The van der Waals surface area contributed by atoms with Gasteiger partial charge in [-0.3, -0.25) is 9.59 Å². The normalized spacial score (nSPS) is 12.8. The summed E-state index contributed by atoms with van der Waals surface area (Å²) in [5.41, 5.74) is 0. The van der Waals surface area contributed by atoms with Crippen molar-refractivity contribution in [3.63, 3.8) is 0 Å². The molecule has 0 spiro atoms. The maximum absolute atomic E-state index is 11.6. The van der Waals surface area contributed by atoms with Gasteiger partial charge in [0.1, 0.15) is 6.04 Å². The Kier molecular flexibility index (Phi) is 5.20. The molecule has 2 amide bonds. The molecule has 0 radical (unpaired) electrons. The summed E-state index contributed by atoms with van der Waals surface area (Å²) < 4.78 is 0. The summed E-state index contributed by atoms with van der Waals surface area (Å²) in [7, 11) is 0. The first-order valence-electron chi connectivity index (χ1n) is 4.92. The summed E-state index contributed by atoms with van der Waals surface area (Å²) in [6.45, 7) is 9.01. The molecule has 14 heavy (non-hydrogen) atoms. The Morgan fingerprint density at radius 1 is 1.00 bits per heavy atom. The third-order valence-electron chi connectivity index (χ3n) is 1.74. The van der Waals surface area contributed by atoms with Crippen LogP contribution in [0.15, 0.2) is 0 Å². The lowest BCUT2D eigenvalue weighted by Crippen LogP contribution is -2.50. The lowest BCUT2D eigenvalue weighted by atomic mass is 10.0. The van der Waals surface area contributed by atoms with E-state index in [4.69, 9.17) is 0 Å². The quantitative estimate of drug-likeness (QED) is 0.701. The van der Waals surface area contributed by atoms with Gasteiger partial charge in [0, 0.05) is 13.0 Å². The molecule has 0 heterocycles. The zero-order valence-corrected chi connectivity index (χ0v) is 9.55. The summed E-state index contributed by atoms with van der Waals surface area (Å²) in [6.07, 6.45) is 0. The molecule has 0 aliphatic rings. The molecule has 0 rings (SSSR count). The van der Waals surface area contributed by atoms with E-state index in [1.165, 1.54) is 6.92 Å². The molecule has 0 saturated carbocycles. The van der Waals surface area contributed by atoms with Gasteiger partial charge in [-0.25, -0.2) is 0 Å². The maximum Gasteiger partial charge on any atom is 0.243 e. The van der Waals surface area contributed by atoms with E-state index in [0.29, 0.717) is 0 Å². The predicted octanol–water partition coefficient (Wildman–Crippen LogP) is 0.672. The van der Waals surface area contributed by atoms with Crippen LogP contribution in [-0.2, 0) is 9.59 Å². The summed E-state index contributed by atoms with van der Waals surface area (Å²) in [5, 5.41) is 5.41. The Morgan fingerprint density at radius 3 is 1.79 bits per heavy atom. The van der Waals surface area contributed by atoms with E-state index in [1.807, 2.05) is 27.7 Å². The van der Waals surface area contributed by atoms with Crippen molar-refractivity contribution in [1.82, 2.24) is 10.6 Å². The molecule has 0 aliphatic carbocycles. The summed E-state index contributed by atoms with van der Waals surface area (Å²) in [4.78, 5) is 22.5. The Bertz CT molecular complexity index is 212. The molecule has 4 heteroatoms. The third-order valence-corrected chi connectivity index (χ3v) is 1.74. The molecule has 0 aromatic carbocycles. The molecule has 0 aromatic heterocycles. The zero-order valence-electron chi connectivity index (χ0n) is 9.55. The standard InChI is InChI=1S/C10H20N2O2/c1-6(2)9(12-8(5)13)10(14)11-7(3)4/h6-7,9H,1-5H3,(H,11,14)(H,12,13). The van der Waals surface area contributed by atoms with Crippen molar-refractivity contribution in [2.75, 3.05) is 0 Å². The Labute approximate surface area is 85.4 Å². The van der Waals surface area contributed by atoms with E-state index >= 15 is 0 Å². The molecule has 1 unspecified atom stereocenters. The Balaban J connectivity index is 4.33. The van der Waals surface area contributed by atoms with E-state index in [-0.39, 0.29) is 23.8 Å². The van der Waals surface area contributed by atoms with Crippen molar-refractivity contribution in [1.29, 1.82) is 0 Å². The number of hydrogen-bond donors (Lipinski definition) is 2.